The third-order valence-electron chi connectivity index (χ3n) is 1.93. The molecule has 0 saturated heterocycles. The molecule has 1 aromatic rings. The van der Waals surface area contributed by atoms with Crippen molar-refractivity contribution in [1.82, 2.24) is 5.32 Å². The summed E-state index contributed by atoms with van der Waals surface area (Å²) >= 11 is 0. The molecule has 15 heavy (non-hydrogen) atoms. The minimum Gasteiger partial charge on any atom is -0.488 e. The molecule has 4 heteroatoms. The molecule has 0 aliphatic carbocycles. The highest BCUT2D eigenvalue weighted by Crippen LogP contribution is 2.23. The standard InChI is InChI=1S/C11H15F2NO/c1-3-14-7-8-5-9(12)11(15-4-2)10(13)6-8/h5-6,14H,3-4,7H2,1-2H3. The molecule has 0 amide bonds. The maximum Gasteiger partial charge on any atom is 0.190 e. The zero-order valence-electron chi connectivity index (χ0n) is 8.94. The van der Waals surface area contributed by atoms with Crippen LogP contribution in [0.1, 0.15) is 19.4 Å². The van der Waals surface area contributed by atoms with Crippen molar-refractivity contribution in [2.75, 3.05) is 13.2 Å². The topological polar surface area (TPSA) is 21.3 Å². The van der Waals surface area contributed by atoms with Gasteiger partial charge in [0.1, 0.15) is 0 Å². The zero-order valence-corrected chi connectivity index (χ0v) is 8.94. The highest BCUT2D eigenvalue weighted by molar-refractivity contribution is 5.31. The second-order valence-electron chi connectivity index (χ2n) is 3.10. The summed E-state index contributed by atoms with van der Waals surface area (Å²) in [4.78, 5) is 0. The van der Waals surface area contributed by atoms with Crippen LogP contribution in [0.4, 0.5) is 8.78 Å². The number of benzene rings is 1. The van der Waals surface area contributed by atoms with Crippen molar-refractivity contribution < 1.29 is 13.5 Å². The molecule has 1 aromatic carbocycles. The van der Waals surface area contributed by atoms with Crippen LogP contribution in [0.25, 0.3) is 0 Å². The van der Waals surface area contributed by atoms with Crippen LogP contribution in [0.3, 0.4) is 0 Å². The van der Waals surface area contributed by atoms with Crippen molar-refractivity contribution in [3.05, 3.63) is 29.3 Å². The Balaban J connectivity index is 2.87. The van der Waals surface area contributed by atoms with Gasteiger partial charge in [-0.3, -0.25) is 0 Å². The normalized spacial score (nSPS) is 10.4. The molecule has 0 unspecified atom stereocenters. The molecular formula is C11H15F2NO. The third-order valence-corrected chi connectivity index (χ3v) is 1.93. The van der Waals surface area contributed by atoms with E-state index in [4.69, 9.17) is 4.74 Å². The van der Waals surface area contributed by atoms with Crippen molar-refractivity contribution in [2.45, 2.75) is 20.4 Å². The Hall–Kier alpha value is -1.16. The Morgan fingerprint density at radius 3 is 2.27 bits per heavy atom. The average molecular weight is 215 g/mol. The molecule has 0 aromatic heterocycles. The molecule has 0 bridgehead atoms. The summed E-state index contributed by atoms with van der Waals surface area (Å²) in [5.74, 6) is -1.59. The third kappa shape index (κ3) is 3.16. The SMILES string of the molecule is CCNCc1cc(F)c(OCC)c(F)c1. The molecule has 2 nitrogen and oxygen atoms in total. The molecule has 0 aliphatic rings. The van der Waals surface area contributed by atoms with Crippen LogP contribution < -0.4 is 10.1 Å². The first kappa shape index (κ1) is 11.9. The van der Waals surface area contributed by atoms with Gasteiger partial charge in [-0.25, -0.2) is 8.78 Å². The fourth-order valence-corrected chi connectivity index (χ4v) is 1.27. The van der Waals surface area contributed by atoms with Gasteiger partial charge in [-0.2, -0.15) is 0 Å². The van der Waals surface area contributed by atoms with Gasteiger partial charge in [0.15, 0.2) is 17.4 Å². The number of halogens is 2. The van der Waals surface area contributed by atoms with E-state index in [1.807, 2.05) is 6.92 Å². The van der Waals surface area contributed by atoms with Gasteiger partial charge in [0, 0.05) is 6.54 Å². The summed E-state index contributed by atoms with van der Waals surface area (Å²) in [6, 6.07) is 2.58. The monoisotopic (exact) mass is 215 g/mol. The van der Waals surface area contributed by atoms with Gasteiger partial charge in [-0.15, -0.1) is 0 Å². The summed E-state index contributed by atoms with van der Waals surface area (Å²) in [6.45, 7) is 5.08. The van der Waals surface area contributed by atoms with Crippen molar-refractivity contribution in [3.8, 4) is 5.75 Å². The van der Waals surface area contributed by atoms with Gasteiger partial charge in [0.05, 0.1) is 6.61 Å². The second-order valence-corrected chi connectivity index (χ2v) is 3.10. The lowest BCUT2D eigenvalue weighted by atomic mass is 10.2. The fourth-order valence-electron chi connectivity index (χ4n) is 1.27. The van der Waals surface area contributed by atoms with E-state index in [2.05, 4.69) is 5.32 Å². The van der Waals surface area contributed by atoms with E-state index in [0.717, 1.165) is 6.54 Å². The second kappa shape index (κ2) is 5.66. The molecule has 84 valence electrons. The van der Waals surface area contributed by atoms with E-state index in [-0.39, 0.29) is 12.4 Å². The van der Waals surface area contributed by atoms with Gasteiger partial charge in [-0.05, 0) is 31.2 Å². The number of hydrogen-bond acceptors (Lipinski definition) is 2. The zero-order chi connectivity index (χ0) is 11.3. The molecule has 0 saturated carbocycles. The van der Waals surface area contributed by atoms with Gasteiger partial charge in [-0.1, -0.05) is 6.92 Å². The van der Waals surface area contributed by atoms with Crippen LogP contribution in [0.5, 0.6) is 5.75 Å². The van der Waals surface area contributed by atoms with Crippen molar-refractivity contribution in [2.24, 2.45) is 0 Å². The summed E-state index contributed by atoms with van der Waals surface area (Å²) < 4.78 is 31.5. The fraction of sp³-hybridized carbons (Fsp3) is 0.455. The molecule has 0 aliphatic heterocycles. The first-order valence-electron chi connectivity index (χ1n) is 5.00. The summed E-state index contributed by atoms with van der Waals surface area (Å²) in [7, 11) is 0. The molecule has 0 spiro atoms. The maximum absolute atomic E-state index is 13.3. The van der Waals surface area contributed by atoms with Crippen LogP contribution in [-0.2, 0) is 6.54 Å². The molecule has 1 N–H and O–H groups in total. The average Bonchev–Trinajstić information content (AvgIpc) is 2.20. The van der Waals surface area contributed by atoms with Gasteiger partial charge in [0.25, 0.3) is 0 Å². The minimum absolute atomic E-state index is 0.250. The number of nitrogens with one attached hydrogen (secondary N) is 1. The maximum atomic E-state index is 13.3. The smallest absolute Gasteiger partial charge is 0.190 e. The van der Waals surface area contributed by atoms with Crippen LogP contribution >= 0.6 is 0 Å². The Morgan fingerprint density at radius 2 is 1.80 bits per heavy atom. The Kier molecular flexibility index (Phi) is 4.49. The Bertz CT molecular complexity index is 305. The number of ether oxygens (including phenoxy) is 1. The van der Waals surface area contributed by atoms with Crippen molar-refractivity contribution in [3.63, 3.8) is 0 Å². The number of hydrogen-bond donors (Lipinski definition) is 1. The largest absolute Gasteiger partial charge is 0.488 e. The molecule has 0 radical (unpaired) electrons. The molecular weight excluding hydrogens is 200 g/mol. The van der Waals surface area contributed by atoms with E-state index in [1.54, 1.807) is 6.92 Å². The highest BCUT2D eigenvalue weighted by Gasteiger charge is 2.11. The highest BCUT2D eigenvalue weighted by atomic mass is 19.1. The van der Waals surface area contributed by atoms with E-state index >= 15 is 0 Å². The van der Waals surface area contributed by atoms with E-state index in [0.29, 0.717) is 12.1 Å². The summed E-state index contributed by atoms with van der Waals surface area (Å²) in [5.41, 5.74) is 0.579. The quantitative estimate of drug-likeness (QED) is 0.814. The van der Waals surface area contributed by atoms with Crippen molar-refractivity contribution >= 4 is 0 Å². The first-order chi connectivity index (χ1) is 7.19. The predicted octanol–water partition coefficient (Wildman–Crippen LogP) is 2.47. The van der Waals surface area contributed by atoms with Gasteiger partial charge in [0.2, 0.25) is 0 Å². The Morgan fingerprint density at radius 1 is 1.20 bits per heavy atom. The lowest BCUT2D eigenvalue weighted by molar-refractivity contribution is 0.302. The summed E-state index contributed by atoms with van der Waals surface area (Å²) in [6.07, 6.45) is 0. The summed E-state index contributed by atoms with van der Waals surface area (Å²) in [5, 5.41) is 3.00. The first-order valence-corrected chi connectivity index (χ1v) is 5.00. The van der Waals surface area contributed by atoms with Crippen LogP contribution in [0, 0.1) is 11.6 Å². The van der Waals surface area contributed by atoms with Crippen LogP contribution in [0.2, 0.25) is 0 Å². The minimum atomic E-state index is -0.648. The Labute approximate surface area is 88.3 Å². The van der Waals surface area contributed by atoms with Crippen LogP contribution in [0.15, 0.2) is 12.1 Å². The molecule has 1 rings (SSSR count). The molecule has 0 fully saturated rings. The van der Waals surface area contributed by atoms with Gasteiger partial charge < -0.3 is 10.1 Å². The van der Waals surface area contributed by atoms with E-state index < -0.39 is 11.6 Å². The molecule has 0 heterocycles. The van der Waals surface area contributed by atoms with Crippen LogP contribution in [-0.4, -0.2) is 13.2 Å². The van der Waals surface area contributed by atoms with Gasteiger partial charge >= 0.3 is 0 Å². The predicted molar refractivity (Wildman–Crippen MR) is 54.9 cm³/mol. The number of rotatable bonds is 5. The lowest BCUT2D eigenvalue weighted by Crippen LogP contribution is -2.12. The molecule has 0 atom stereocenters. The van der Waals surface area contributed by atoms with E-state index in [1.165, 1.54) is 12.1 Å². The van der Waals surface area contributed by atoms with Crippen molar-refractivity contribution in [1.29, 1.82) is 0 Å². The van der Waals surface area contributed by atoms with E-state index in [9.17, 15) is 8.78 Å². The lowest BCUT2D eigenvalue weighted by Gasteiger charge is -2.08.